The van der Waals surface area contributed by atoms with Gasteiger partial charge in [0.2, 0.25) is 0 Å². The predicted octanol–water partition coefficient (Wildman–Crippen LogP) is 4.73. The fourth-order valence-corrected chi connectivity index (χ4v) is 5.03. The topological polar surface area (TPSA) is 43.3 Å². The van der Waals surface area contributed by atoms with Crippen LogP contribution in [-0.2, 0) is 11.3 Å². The van der Waals surface area contributed by atoms with Crippen LogP contribution in [0.5, 0.6) is 0 Å². The first-order valence-corrected chi connectivity index (χ1v) is 10.4. The Hall–Kier alpha value is -1.63. The number of aryl methyl sites for hydroxylation is 1. The number of halogens is 1. The second kappa shape index (κ2) is 7.55. The number of carbonyl (C=O) groups is 1. The Kier molecular flexibility index (Phi) is 5.16. The zero-order valence-corrected chi connectivity index (χ0v) is 17.0. The number of amides is 1. The molecule has 0 spiro atoms. The quantitative estimate of drug-likeness (QED) is 0.632. The molecule has 1 aromatic carbocycles. The molecule has 0 aliphatic carbocycles. The van der Waals surface area contributed by atoms with Crippen LogP contribution in [-0.4, -0.2) is 29.7 Å². The van der Waals surface area contributed by atoms with Crippen molar-refractivity contribution in [2.75, 3.05) is 13.2 Å². The molecule has 1 fully saturated rings. The predicted molar refractivity (Wildman–Crippen MR) is 109 cm³/mol. The highest BCUT2D eigenvalue weighted by atomic mass is 79.9. The largest absolute Gasteiger partial charge is 0.376 e. The van der Waals surface area contributed by atoms with Crippen LogP contribution in [0.3, 0.4) is 0 Å². The lowest BCUT2D eigenvalue weighted by atomic mass is 10.1. The summed E-state index contributed by atoms with van der Waals surface area (Å²) in [4.78, 5) is 12.8. The molecule has 4 nitrogen and oxygen atoms in total. The summed E-state index contributed by atoms with van der Waals surface area (Å²) in [5.41, 5.74) is 4.21. The van der Waals surface area contributed by atoms with Crippen molar-refractivity contribution in [3.63, 3.8) is 0 Å². The molecule has 1 atom stereocenters. The van der Waals surface area contributed by atoms with Crippen LogP contribution in [0.1, 0.15) is 34.5 Å². The number of carbonyl (C=O) groups excluding carboxylic acids is 1. The number of nitrogens with one attached hydrogen (secondary N) is 1. The Bertz CT molecular complexity index is 941. The van der Waals surface area contributed by atoms with Crippen molar-refractivity contribution in [1.82, 2.24) is 9.88 Å². The van der Waals surface area contributed by atoms with Gasteiger partial charge in [0.25, 0.3) is 5.91 Å². The maximum absolute atomic E-state index is 12.8. The molecular formula is C20H21BrN2O2S. The lowest BCUT2D eigenvalue weighted by Gasteiger charge is -2.13. The van der Waals surface area contributed by atoms with E-state index in [0.717, 1.165) is 33.5 Å². The summed E-state index contributed by atoms with van der Waals surface area (Å²) in [5.74, 6) is -0.0346. The van der Waals surface area contributed by atoms with Crippen molar-refractivity contribution < 1.29 is 9.53 Å². The molecule has 3 aromatic rings. The summed E-state index contributed by atoms with van der Waals surface area (Å²) in [6.45, 7) is 4.14. The Balaban J connectivity index is 1.62. The highest BCUT2D eigenvalue weighted by Gasteiger charge is 2.20. The van der Waals surface area contributed by atoms with Crippen LogP contribution >= 0.6 is 27.3 Å². The van der Waals surface area contributed by atoms with Crippen LogP contribution in [0.25, 0.3) is 10.2 Å². The molecule has 1 saturated heterocycles. The summed E-state index contributed by atoms with van der Waals surface area (Å²) in [5, 5.41) is 3.05. The fraction of sp³-hybridized carbons (Fsp3) is 0.350. The molecule has 1 aliphatic rings. The van der Waals surface area contributed by atoms with E-state index in [4.69, 9.17) is 4.74 Å². The summed E-state index contributed by atoms with van der Waals surface area (Å²) in [6.07, 6.45) is 2.25. The molecule has 1 unspecified atom stereocenters. The summed E-state index contributed by atoms with van der Waals surface area (Å²) in [6, 6.07) is 12.5. The average Bonchev–Trinajstić information content (AvgIpc) is 3.31. The van der Waals surface area contributed by atoms with Crippen LogP contribution < -0.4 is 5.32 Å². The van der Waals surface area contributed by atoms with Crippen LogP contribution in [0, 0.1) is 6.92 Å². The van der Waals surface area contributed by atoms with Crippen molar-refractivity contribution in [1.29, 1.82) is 0 Å². The SMILES string of the molecule is Cc1cccc(Cn2c(C(=O)NCC3CCCO3)cc3sc(Br)cc32)c1. The molecule has 6 heteroatoms. The number of thiophene rings is 1. The molecule has 136 valence electrons. The minimum atomic E-state index is -0.0346. The van der Waals surface area contributed by atoms with Gasteiger partial charge in [0.05, 0.1) is 20.1 Å². The van der Waals surface area contributed by atoms with Gasteiger partial charge in [-0.2, -0.15) is 0 Å². The molecule has 26 heavy (non-hydrogen) atoms. The number of aromatic nitrogens is 1. The molecule has 0 radical (unpaired) electrons. The van der Waals surface area contributed by atoms with E-state index in [1.807, 2.05) is 6.07 Å². The highest BCUT2D eigenvalue weighted by Crippen LogP contribution is 2.33. The van der Waals surface area contributed by atoms with Gasteiger partial charge in [-0.25, -0.2) is 0 Å². The van der Waals surface area contributed by atoms with E-state index < -0.39 is 0 Å². The van der Waals surface area contributed by atoms with E-state index in [0.29, 0.717) is 18.8 Å². The van der Waals surface area contributed by atoms with Gasteiger partial charge in [0, 0.05) is 19.7 Å². The van der Waals surface area contributed by atoms with E-state index in [9.17, 15) is 4.79 Å². The number of nitrogens with zero attached hydrogens (tertiary/aromatic N) is 1. The van der Waals surface area contributed by atoms with E-state index in [-0.39, 0.29) is 12.0 Å². The van der Waals surface area contributed by atoms with E-state index in [1.165, 1.54) is 11.1 Å². The van der Waals surface area contributed by atoms with Gasteiger partial charge in [-0.05, 0) is 53.4 Å². The lowest BCUT2D eigenvalue weighted by molar-refractivity contribution is 0.0851. The van der Waals surface area contributed by atoms with Crippen molar-refractivity contribution in [3.8, 4) is 0 Å². The number of fused-ring (bicyclic) bond motifs is 1. The minimum Gasteiger partial charge on any atom is -0.376 e. The molecular weight excluding hydrogens is 412 g/mol. The third kappa shape index (κ3) is 3.72. The summed E-state index contributed by atoms with van der Waals surface area (Å²) < 4.78 is 9.91. The van der Waals surface area contributed by atoms with Gasteiger partial charge >= 0.3 is 0 Å². The Labute approximate surface area is 165 Å². The van der Waals surface area contributed by atoms with Crippen molar-refractivity contribution in [2.45, 2.75) is 32.4 Å². The summed E-state index contributed by atoms with van der Waals surface area (Å²) in [7, 11) is 0. The van der Waals surface area contributed by atoms with Crippen molar-refractivity contribution in [3.05, 3.63) is 57.0 Å². The average molecular weight is 433 g/mol. The zero-order valence-electron chi connectivity index (χ0n) is 14.6. The van der Waals surface area contributed by atoms with Crippen LogP contribution in [0.15, 0.2) is 40.2 Å². The van der Waals surface area contributed by atoms with Crippen molar-refractivity contribution >= 4 is 43.4 Å². The molecule has 1 N–H and O–H groups in total. The number of benzene rings is 1. The third-order valence-electron chi connectivity index (χ3n) is 4.73. The highest BCUT2D eigenvalue weighted by molar-refractivity contribution is 9.11. The summed E-state index contributed by atoms with van der Waals surface area (Å²) >= 11 is 5.21. The van der Waals surface area contributed by atoms with Gasteiger partial charge in [-0.1, -0.05) is 29.8 Å². The number of hydrogen-bond donors (Lipinski definition) is 1. The van der Waals surface area contributed by atoms with Gasteiger partial charge in [-0.3, -0.25) is 4.79 Å². The third-order valence-corrected chi connectivity index (χ3v) is 6.30. The van der Waals surface area contributed by atoms with E-state index in [2.05, 4.69) is 63.1 Å². The first kappa shape index (κ1) is 17.8. The second-order valence-corrected chi connectivity index (χ2v) is 9.21. The second-order valence-electron chi connectivity index (χ2n) is 6.75. The normalized spacial score (nSPS) is 17.1. The molecule has 3 heterocycles. The molecule has 2 aromatic heterocycles. The van der Waals surface area contributed by atoms with Gasteiger partial charge < -0.3 is 14.6 Å². The minimum absolute atomic E-state index is 0.0346. The van der Waals surface area contributed by atoms with Gasteiger partial charge in [0.1, 0.15) is 5.69 Å². The number of ether oxygens (including phenoxy) is 1. The molecule has 0 bridgehead atoms. The first-order chi connectivity index (χ1) is 12.6. The van der Waals surface area contributed by atoms with Gasteiger partial charge in [0.15, 0.2) is 0 Å². The fourth-order valence-electron chi connectivity index (χ4n) is 3.47. The Morgan fingerprint density at radius 3 is 3.04 bits per heavy atom. The molecule has 0 saturated carbocycles. The smallest absolute Gasteiger partial charge is 0.268 e. The monoisotopic (exact) mass is 432 g/mol. The Morgan fingerprint density at radius 2 is 2.27 bits per heavy atom. The number of hydrogen-bond acceptors (Lipinski definition) is 3. The molecule has 1 amide bonds. The molecule has 1 aliphatic heterocycles. The zero-order chi connectivity index (χ0) is 18.1. The van der Waals surface area contributed by atoms with Crippen LogP contribution in [0.2, 0.25) is 0 Å². The first-order valence-electron chi connectivity index (χ1n) is 8.84. The maximum atomic E-state index is 12.8. The van der Waals surface area contributed by atoms with E-state index in [1.54, 1.807) is 11.3 Å². The molecule has 4 rings (SSSR count). The van der Waals surface area contributed by atoms with Crippen molar-refractivity contribution in [2.24, 2.45) is 0 Å². The van der Waals surface area contributed by atoms with Gasteiger partial charge in [-0.15, -0.1) is 11.3 Å². The standard InChI is InChI=1S/C20H21BrN2O2S/c1-13-4-2-5-14(8-13)12-23-16-10-19(21)26-18(16)9-17(23)20(24)22-11-15-6-3-7-25-15/h2,4-5,8-10,15H,3,6-7,11-12H2,1H3,(H,22,24). The number of rotatable bonds is 5. The van der Waals surface area contributed by atoms with Crippen LogP contribution in [0.4, 0.5) is 0 Å². The Morgan fingerprint density at radius 1 is 1.38 bits per heavy atom. The van der Waals surface area contributed by atoms with E-state index >= 15 is 0 Å². The lowest BCUT2D eigenvalue weighted by Crippen LogP contribution is -2.33. The maximum Gasteiger partial charge on any atom is 0.268 e.